The first kappa shape index (κ1) is 10.2. The van der Waals surface area contributed by atoms with Crippen molar-refractivity contribution in [2.24, 2.45) is 0 Å². The second kappa shape index (κ2) is 3.66. The molecule has 1 heterocycles. The van der Waals surface area contributed by atoms with E-state index in [0.29, 0.717) is 5.52 Å². The highest BCUT2D eigenvalue weighted by Crippen LogP contribution is 2.29. The fourth-order valence-corrected chi connectivity index (χ4v) is 1.75. The molecule has 0 unspecified atom stereocenters. The Morgan fingerprint density at radius 1 is 1.27 bits per heavy atom. The molecule has 1 aromatic heterocycles. The zero-order valence-corrected chi connectivity index (χ0v) is 9.28. The van der Waals surface area contributed by atoms with Crippen LogP contribution in [0.4, 0.5) is 0 Å². The van der Waals surface area contributed by atoms with Gasteiger partial charge in [-0.3, -0.25) is 0 Å². The second-order valence-corrected chi connectivity index (χ2v) is 4.04. The Bertz CT molecular complexity index is 511. The highest BCUT2D eigenvalue weighted by atomic mass is 35.5. The van der Waals surface area contributed by atoms with Crippen molar-refractivity contribution in [2.75, 3.05) is 0 Å². The second-order valence-electron chi connectivity index (χ2n) is 3.71. The Kier molecular flexibility index (Phi) is 2.49. The van der Waals surface area contributed by atoms with E-state index in [9.17, 15) is 5.11 Å². The number of phenols is 1. The Hall–Kier alpha value is -1.35. The third-order valence-corrected chi connectivity index (χ3v) is 2.42. The van der Waals surface area contributed by atoms with Crippen molar-refractivity contribution in [3.05, 3.63) is 29.2 Å². The summed E-state index contributed by atoms with van der Waals surface area (Å²) in [5, 5.41) is 10.7. The molecule has 0 spiro atoms. The van der Waals surface area contributed by atoms with Crippen molar-refractivity contribution in [2.45, 2.75) is 19.8 Å². The molecule has 15 heavy (non-hydrogen) atoms. The summed E-state index contributed by atoms with van der Waals surface area (Å²) < 4.78 is 0. The molecule has 0 fully saturated rings. The Labute approximate surface area is 92.7 Å². The Morgan fingerprint density at radius 3 is 2.67 bits per heavy atom. The molecule has 0 aliphatic carbocycles. The van der Waals surface area contributed by atoms with E-state index in [1.807, 2.05) is 19.9 Å². The fourth-order valence-electron chi connectivity index (χ4n) is 1.57. The van der Waals surface area contributed by atoms with Crippen LogP contribution in [-0.2, 0) is 0 Å². The Morgan fingerprint density at radius 2 is 2.00 bits per heavy atom. The van der Waals surface area contributed by atoms with Crippen molar-refractivity contribution in [1.29, 1.82) is 0 Å². The molecular weight excluding hydrogens is 212 g/mol. The number of hydrogen-bond donors (Lipinski definition) is 1. The monoisotopic (exact) mass is 222 g/mol. The van der Waals surface area contributed by atoms with E-state index < -0.39 is 0 Å². The number of phenolic OH excluding ortho intramolecular Hbond substituents is 1. The smallest absolute Gasteiger partial charge is 0.223 e. The summed E-state index contributed by atoms with van der Waals surface area (Å²) in [4.78, 5) is 8.21. The van der Waals surface area contributed by atoms with Gasteiger partial charge >= 0.3 is 0 Å². The number of fused-ring (bicyclic) bond motifs is 1. The van der Waals surface area contributed by atoms with Crippen LogP contribution in [-0.4, -0.2) is 15.1 Å². The molecule has 0 saturated carbocycles. The van der Waals surface area contributed by atoms with E-state index in [0.717, 1.165) is 11.1 Å². The van der Waals surface area contributed by atoms with Gasteiger partial charge in [0.1, 0.15) is 11.3 Å². The van der Waals surface area contributed by atoms with Crippen molar-refractivity contribution in [1.82, 2.24) is 9.97 Å². The normalized spacial score (nSPS) is 11.2. The van der Waals surface area contributed by atoms with Crippen LogP contribution in [0.25, 0.3) is 10.9 Å². The van der Waals surface area contributed by atoms with Gasteiger partial charge in [0.25, 0.3) is 0 Å². The number of halogens is 1. The van der Waals surface area contributed by atoms with E-state index in [4.69, 9.17) is 11.6 Å². The number of para-hydroxylation sites is 1. The minimum absolute atomic E-state index is 0.138. The summed E-state index contributed by atoms with van der Waals surface area (Å²) in [6, 6.07) is 5.26. The highest BCUT2D eigenvalue weighted by molar-refractivity contribution is 6.28. The lowest BCUT2D eigenvalue weighted by molar-refractivity contribution is 0.480. The SMILES string of the molecule is CC(C)c1nc(Cl)nc2c(O)cccc12. The topological polar surface area (TPSA) is 46.0 Å². The standard InChI is InChI=1S/C11H11ClN2O/c1-6(2)9-7-4-3-5-8(15)10(7)14-11(12)13-9/h3-6,15H,1-2H3. The van der Waals surface area contributed by atoms with Gasteiger partial charge < -0.3 is 5.11 Å². The molecule has 1 aromatic carbocycles. The van der Waals surface area contributed by atoms with Gasteiger partial charge in [-0.1, -0.05) is 26.0 Å². The quantitative estimate of drug-likeness (QED) is 0.755. The number of aromatic hydroxyl groups is 1. The maximum Gasteiger partial charge on any atom is 0.223 e. The largest absolute Gasteiger partial charge is 0.506 e. The third kappa shape index (κ3) is 1.75. The number of nitrogens with zero attached hydrogens (tertiary/aromatic N) is 2. The first-order valence-corrected chi connectivity index (χ1v) is 5.12. The summed E-state index contributed by atoms with van der Waals surface area (Å²) >= 11 is 5.81. The van der Waals surface area contributed by atoms with Crippen LogP contribution < -0.4 is 0 Å². The number of aromatic nitrogens is 2. The van der Waals surface area contributed by atoms with E-state index >= 15 is 0 Å². The highest BCUT2D eigenvalue weighted by Gasteiger charge is 2.11. The maximum atomic E-state index is 9.65. The summed E-state index contributed by atoms with van der Waals surface area (Å²) in [6.07, 6.45) is 0. The summed E-state index contributed by atoms with van der Waals surface area (Å²) in [6.45, 7) is 4.06. The summed E-state index contributed by atoms with van der Waals surface area (Å²) in [7, 11) is 0. The molecule has 1 N–H and O–H groups in total. The Balaban J connectivity index is 2.86. The van der Waals surface area contributed by atoms with E-state index in [2.05, 4.69) is 9.97 Å². The van der Waals surface area contributed by atoms with Crippen LogP contribution in [0.1, 0.15) is 25.5 Å². The van der Waals surface area contributed by atoms with Gasteiger partial charge in [-0.2, -0.15) is 0 Å². The van der Waals surface area contributed by atoms with Gasteiger partial charge in [0, 0.05) is 5.39 Å². The van der Waals surface area contributed by atoms with Crippen LogP contribution >= 0.6 is 11.6 Å². The van der Waals surface area contributed by atoms with E-state index in [1.54, 1.807) is 12.1 Å². The van der Waals surface area contributed by atoms with Gasteiger partial charge in [-0.15, -0.1) is 0 Å². The number of rotatable bonds is 1. The third-order valence-electron chi connectivity index (χ3n) is 2.25. The molecule has 3 nitrogen and oxygen atoms in total. The molecule has 0 atom stereocenters. The first-order valence-electron chi connectivity index (χ1n) is 4.74. The molecular formula is C11H11ClN2O. The summed E-state index contributed by atoms with van der Waals surface area (Å²) in [5.74, 6) is 0.383. The van der Waals surface area contributed by atoms with Gasteiger partial charge in [0.05, 0.1) is 5.69 Å². The van der Waals surface area contributed by atoms with Crippen molar-refractivity contribution >= 4 is 22.5 Å². The van der Waals surface area contributed by atoms with Gasteiger partial charge in [0.15, 0.2) is 0 Å². The minimum atomic E-state index is 0.138. The van der Waals surface area contributed by atoms with Crippen molar-refractivity contribution in [3.63, 3.8) is 0 Å². The molecule has 0 amide bonds. The molecule has 78 valence electrons. The zero-order valence-electron chi connectivity index (χ0n) is 8.53. The summed E-state index contributed by atoms with van der Waals surface area (Å²) in [5.41, 5.74) is 1.38. The number of hydrogen-bond acceptors (Lipinski definition) is 3. The molecule has 2 rings (SSSR count). The van der Waals surface area contributed by atoms with Crippen LogP contribution in [0, 0.1) is 0 Å². The van der Waals surface area contributed by atoms with Crippen LogP contribution in [0.2, 0.25) is 5.28 Å². The molecule has 4 heteroatoms. The minimum Gasteiger partial charge on any atom is -0.506 e. The lowest BCUT2D eigenvalue weighted by atomic mass is 10.0. The molecule has 0 saturated heterocycles. The maximum absolute atomic E-state index is 9.65. The molecule has 0 aliphatic heterocycles. The molecule has 0 bridgehead atoms. The van der Waals surface area contributed by atoms with Crippen LogP contribution in [0.5, 0.6) is 5.75 Å². The lowest BCUT2D eigenvalue weighted by Gasteiger charge is -2.09. The predicted octanol–water partition coefficient (Wildman–Crippen LogP) is 3.11. The van der Waals surface area contributed by atoms with E-state index in [1.165, 1.54) is 0 Å². The van der Waals surface area contributed by atoms with Gasteiger partial charge in [0.2, 0.25) is 5.28 Å². The van der Waals surface area contributed by atoms with Gasteiger partial charge in [-0.05, 0) is 23.6 Å². The molecule has 0 aliphatic rings. The van der Waals surface area contributed by atoms with Crippen molar-refractivity contribution in [3.8, 4) is 5.75 Å². The van der Waals surface area contributed by atoms with Crippen LogP contribution in [0.3, 0.4) is 0 Å². The molecule has 2 aromatic rings. The fraction of sp³-hybridized carbons (Fsp3) is 0.273. The average molecular weight is 223 g/mol. The predicted molar refractivity (Wildman–Crippen MR) is 60.3 cm³/mol. The van der Waals surface area contributed by atoms with Gasteiger partial charge in [-0.25, -0.2) is 9.97 Å². The van der Waals surface area contributed by atoms with Crippen LogP contribution in [0.15, 0.2) is 18.2 Å². The van der Waals surface area contributed by atoms with E-state index in [-0.39, 0.29) is 17.0 Å². The average Bonchev–Trinajstić information content (AvgIpc) is 2.18. The first-order chi connectivity index (χ1) is 7.09. The number of benzene rings is 1. The zero-order chi connectivity index (χ0) is 11.0. The lowest BCUT2D eigenvalue weighted by Crippen LogP contribution is -1.97. The molecule has 0 radical (unpaired) electrons. The van der Waals surface area contributed by atoms with Crippen molar-refractivity contribution < 1.29 is 5.11 Å².